The zero-order valence-corrected chi connectivity index (χ0v) is 14.7. The summed E-state index contributed by atoms with van der Waals surface area (Å²) >= 11 is 6.11. The van der Waals surface area contributed by atoms with Crippen LogP contribution in [-0.2, 0) is 19.5 Å². The Balaban J connectivity index is 1.73. The van der Waals surface area contributed by atoms with Crippen LogP contribution in [0.1, 0.15) is 27.0 Å². The van der Waals surface area contributed by atoms with Crippen molar-refractivity contribution in [2.24, 2.45) is 0 Å². The number of benzene rings is 1. The van der Waals surface area contributed by atoms with Crippen molar-refractivity contribution in [2.75, 3.05) is 6.54 Å². The maximum atomic E-state index is 12.4. The molecule has 0 saturated carbocycles. The van der Waals surface area contributed by atoms with Crippen LogP contribution < -0.4 is 5.56 Å². The summed E-state index contributed by atoms with van der Waals surface area (Å²) in [4.78, 5) is 26.1. The fraction of sp³-hybridized carbons (Fsp3) is 0.200. The number of aromatic carboxylic acids is 1. The van der Waals surface area contributed by atoms with E-state index in [9.17, 15) is 14.7 Å². The number of hydrogen-bond acceptors (Lipinski definition) is 3. The third-order valence-corrected chi connectivity index (χ3v) is 5.08. The van der Waals surface area contributed by atoms with Gasteiger partial charge < -0.3 is 5.11 Å². The fourth-order valence-corrected chi connectivity index (χ4v) is 3.76. The summed E-state index contributed by atoms with van der Waals surface area (Å²) in [5.74, 6) is -1.20. The van der Waals surface area contributed by atoms with Gasteiger partial charge in [0.15, 0.2) is 0 Å². The minimum Gasteiger partial charge on any atom is -0.477 e. The first-order valence-electron chi connectivity index (χ1n) is 8.39. The van der Waals surface area contributed by atoms with Crippen molar-refractivity contribution < 1.29 is 9.90 Å². The second-order valence-electron chi connectivity index (χ2n) is 6.52. The first-order chi connectivity index (χ1) is 12.5. The van der Waals surface area contributed by atoms with E-state index in [0.717, 1.165) is 35.6 Å². The van der Waals surface area contributed by atoms with E-state index in [4.69, 9.17) is 11.6 Å². The summed E-state index contributed by atoms with van der Waals surface area (Å²) in [6.45, 7) is 2.19. The molecule has 0 spiro atoms. The SMILES string of the molecule is O=C(O)c1cc(CN2CCc3ccc(Cl)cc3C2)c2ccccn2c1=O. The standard InChI is InChI=1S/C20H17ClN2O3/c21-16-5-4-13-6-8-22(11-14(13)9-16)12-15-10-17(20(25)26)19(24)23-7-2-1-3-18(15)23/h1-5,7,9-10H,6,8,11-12H2,(H,25,26). The van der Waals surface area contributed by atoms with Crippen LogP contribution in [0.2, 0.25) is 5.02 Å². The Morgan fingerprint density at radius 1 is 1.15 bits per heavy atom. The van der Waals surface area contributed by atoms with Crippen molar-refractivity contribution in [1.29, 1.82) is 0 Å². The van der Waals surface area contributed by atoms with Gasteiger partial charge in [-0.05, 0) is 53.4 Å². The summed E-state index contributed by atoms with van der Waals surface area (Å²) in [6, 6.07) is 12.9. The van der Waals surface area contributed by atoms with E-state index in [2.05, 4.69) is 11.0 Å². The molecule has 0 aliphatic carbocycles. The molecule has 0 fully saturated rings. The lowest BCUT2D eigenvalue weighted by molar-refractivity contribution is 0.0694. The summed E-state index contributed by atoms with van der Waals surface area (Å²) in [5.41, 5.74) is 3.34. The molecule has 132 valence electrons. The molecule has 3 aromatic rings. The van der Waals surface area contributed by atoms with Gasteiger partial charge in [-0.25, -0.2) is 4.79 Å². The Bertz CT molecular complexity index is 1070. The number of pyridine rings is 2. The van der Waals surface area contributed by atoms with Crippen LogP contribution in [0.3, 0.4) is 0 Å². The van der Waals surface area contributed by atoms with Gasteiger partial charge in [0.05, 0.1) is 5.52 Å². The summed E-state index contributed by atoms with van der Waals surface area (Å²) in [7, 11) is 0. The highest BCUT2D eigenvalue weighted by Crippen LogP contribution is 2.24. The zero-order valence-electron chi connectivity index (χ0n) is 14.0. The minimum atomic E-state index is -1.20. The number of carbonyl (C=O) groups is 1. The molecule has 0 bridgehead atoms. The van der Waals surface area contributed by atoms with Crippen molar-refractivity contribution in [1.82, 2.24) is 9.30 Å². The van der Waals surface area contributed by atoms with Crippen LogP contribution in [0.4, 0.5) is 0 Å². The van der Waals surface area contributed by atoms with Crippen molar-refractivity contribution in [2.45, 2.75) is 19.5 Å². The Labute approximate surface area is 155 Å². The maximum absolute atomic E-state index is 12.4. The number of carboxylic acids is 1. The van der Waals surface area contributed by atoms with Gasteiger partial charge >= 0.3 is 5.97 Å². The Kier molecular flexibility index (Phi) is 4.26. The van der Waals surface area contributed by atoms with E-state index < -0.39 is 11.5 Å². The summed E-state index contributed by atoms with van der Waals surface area (Å²) in [6.07, 6.45) is 2.53. The highest BCUT2D eigenvalue weighted by molar-refractivity contribution is 6.30. The van der Waals surface area contributed by atoms with Gasteiger partial charge in [0.2, 0.25) is 0 Å². The van der Waals surface area contributed by atoms with Gasteiger partial charge in [0.25, 0.3) is 5.56 Å². The molecule has 0 unspecified atom stereocenters. The highest BCUT2D eigenvalue weighted by atomic mass is 35.5. The van der Waals surface area contributed by atoms with Crippen LogP contribution in [0, 0.1) is 0 Å². The molecule has 0 radical (unpaired) electrons. The highest BCUT2D eigenvalue weighted by Gasteiger charge is 2.20. The number of rotatable bonds is 3. The van der Waals surface area contributed by atoms with Gasteiger partial charge in [-0.3, -0.25) is 14.1 Å². The van der Waals surface area contributed by atoms with Gasteiger partial charge in [0.1, 0.15) is 5.56 Å². The summed E-state index contributed by atoms with van der Waals surface area (Å²) < 4.78 is 1.41. The molecular weight excluding hydrogens is 352 g/mol. The van der Waals surface area contributed by atoms with Crippen LogP contribution in [0.25, 0.3) is 5.52 Å². The van der Waals surface area contributed by atoms with Gasteiger partial charge in [-0.2, -0.15) is 0 Å². The molecular formula is C20H17ClN2O3. The molecule has 1 aromatic carbocycles. The molecule has 0 saturated heterocycles. The molecule has 0 atom stereocenters. The topological polar surface area (TPSA) is 62.0 Å². The number of fused-ring (bicyclic) bond motifs is 2. The zero-order chi connectivity index (χ0) is 18.3. The lowest BCUT2D eigenvalue weighted by Gasteiger charge is -2.29. The molecule has 3 heterocycles. The van der Waals surface area contributed by atoms with Crippen LogP contribution >= 0.6 is 11.6 Å². The Morgan fingerprint density at radius 2 is 2.00 bits per heavy atom. The number of aromatic nitrogens is 1. The number of hydrogen-bond donors (Lipinski definition) is 1. The summed E-state index contributed by atoms with van der Waals surface area (Å²) in [5, 5.41) is 10.1. The average Bonchev–Trinajstić information content (AvgIpc) is 2.63. The van der Waals surface area contributed by atoms with Crippen molar-refractivity contribution in [3.63, 3.8) is 0 Å². The van der Waals surface area contributed by atoms with E-state index in [1.54, 1.807) is 12.3 Å². The quantitative estimate of drug-likeness (QED) is 0.771. The van der Waals surface area contributed by atoms with E-state index in [1.807, 2.05) is 24.3 Å². The molecule has 26 heavy (non-hydrogen) atoms. The molecule has 1 aliphatic heterocycles. The van der Waals surface area contributed by atoms with Crippen molar-refractivity contribution in [3.05, 3.63) is 86.3 Å². The van der Waals surface area contributed by atoms with Crippen molar-refractivity contribution >= 4 is 23.1 Å². The molecule has 1 N–H and O–H groups in total. The second-order valence-corrected chi connectivity index (χ2v) is 6.96. The first-order valence-corrected chi connectivity index (χ1v) is 8.77. The monoisotopic (exact) mass is 368 g/mol. The predicted molar refractivity (Wildman–Crippen MR) is 99.9 cm³/mol. The van der Waals surface area contributed by atoms with Gasteiger partial charge in [0, 0.05) is 30.9 Å². The van der Waals surface area contributed by atoms with Crippen LogP contribution in [0.15, 0.2) is 53.5 Å². The van der Waals surface area contributed by atoms with Crippen molar-refractivity contribution in [3.8, 4) is 0 Å². The largest absolute Gasteiger partial charge is 0.477 e. The number of nitrogens with zero attached hydrogens (tertiary/aromatic N) is 2. The smallest absolute Gasteiger partial charge is 0.341 e. The van der Waals surface area contributed by atoms with E-state index in [-0.39, 0.29) is 5.56 Å². The number of carboxylic acid groups (broad SMARTS) is 1. The second kappa shape index (κ2) is 6.59. The van der Waals surface area contributed by atoms with E-state index >= 15 is 0 Å². The van der Waals surface area contributed by atoms with E-state index in [0.29, 0.717) is 6.54 Å². The fourth-order valence-electron chi connectivity index (χ4n) is 3.56. The van der Waals surface area contributed by atoms with E-state index in [1.165, 1.54) is 21.6 Å². The Hall–Kier alpha value is -2.63. The van der Waals surface area contributed by atoms with Crippen LogP contribution in [-0.4, -0.2) is 26.9 Å². The average molecular weight is 369 g/mol. The molecule has 0 amide bonds. The first kappa shape index (κ1) is 16.8. The molecule has 1 aliphatic rings. The molecule has 4 rings (SSSR count). The van der Waals surface area contributed by atoms with Gasteiger partial charge in [-0.15, -0.1) is 0 Å². The predicted octanol–water partition coefficient (Wildman–Crippen LogP) is 3.21. The minimum absolute atomic E-state index is 0.204. The normalized spacial score (nSPS) is 14.3. The third-order valence-electron chi connectivity index (χ3n) is 4.84. The molecule has 6 heteroatoms. The van der Waals surface area contributed by atoms with Crippen LogP contribution in [0.5, 0.6) is 0 Å². The maximum Gasteiger partial charge on any atom is 0.341 e. The van der Waals surface area contributed by atoms with Gasteiger partial charge in [-0.1, -0.05) is 23.7 Å². The molecule has 5 nitrogen and oxygen atoms in total. The lowest BCUT2D eigenvalue weighted by atomic mass is 9.99. The third kappa shape index (κ3) is 3.00. The Morgan fingerprint density at radius 3 is 2.81 bits per heavy atom. The number of halogens is 1. The molecule has 2 aromatic heterocycles. The lowest BCUT2D eigenvalue weighted by Crippen LogP contribution is -2.31.